The van der Waals surface area contributed by atoms with E-state index in [1.165, 1.54) is 0 Å². The van der Waals surface area contributed by atoms with E-state index < -0.39 is 17.7 Å². The van der Waals surface area contributed by atoms with Crippen molar-refractivity contribution in [3.8, 4) is 0 Å². The number of carbonyl (C=O) groups is 2. The van der Waals surface area contributed by atoms with Gasteiger partial charge in [0.25, 0.3) is 0 Å². The Hall–Kier alpha value is -1.30. The van der Waals surface area contributed by atoms with Crippen LogP contribution in [0.2, 0.25) is 0 Å². The summed E-state index contributed by atoms with van der Waals surface area (Å²) in [6.07, 6.45) is -0.848. The molecule has 0 aromatic rings. The minimum absolute atomic E-state index is 0.0816. The largest absolute Gasteiger partial charge is 0.530 e. The van der Waals surface area contributed by atoms with Gasteiger partial charge in [-0.25, -0.2) is 0 Å². The molecule has 1 saturated heterocycles. The second kappa shape index (κ2) is 5.16. The lowest BCUT2D eigenvalue weighted by Crippen LogP contribution is -2.51. The summed E-state index contributed by atoms with van der Waals surface area (Å²) >= 11 is 0. The first-order valence-electron chi connectivity index (χ1n) is 5.31. The molecule has 1 aliphatic rings. The highest BCUT2D eigenvalue weighted by molar-refractivity contribution is 5.70. The van der Waals surface area contributed by atoms with Crippen molar-refractivity contribution in [2.75, 3.05) is 19.7 Å². The van der Waals surface area contributed by atoms with Gasteiger partial charge in [-0.1, -0.05) is 0 Å². The molecule has 0 aromatic carbocycles. The second-order valence-electron chi connectivity index (χ2n) is 3.96. The Morgan fingerprint density at radius 1 is 1.44 bits per heavy atom. The molecule has 1 fully saturated rings. The third-order valence-electron chi connectivity index (χ3n) is 2.73. The first kappa shape index (κ1) is 12.8. The van der Waals surface area contributed by atoms with Crippen LogP contribution in [0.4, 0.5) is 4.79 Å². The molecule has 0 unspecified atom stereocenters. The maximum absolute atomic E-state index is 11.2. The third-order valence-corrected chi connectivity index (χ3v) is 2.73. The van der Waals surface area contributed by atoms with E-state index in [-0.39, 0.29) is 39.0 Å². The molecule has 0 radical (unpaired) electrons. The van der Waals surface area contributed by atoms with Gasteiger partial charge in [-0.3, -0.25) is 4.79 Å². The van der Waals surface area contributed by atoms with Crippen molar-refractivity contribution in [1.82, 2.24) is 4.90 Å². The zero-order valence-electron chi connectivity index (χ0n) is 9.27. The first-order valence-corrected chi connectivity index (χ1v) is 5.31. The van der Waals surface area contributed by atoms with Gasteiger partial charge in [-0.15, -0.1) is 0 Å². The number of hydrogen-bond acceptors (Lipinski definition) is 5. The van der Waals surface area contributed by atoms with Crippen LogP contribution in [0.3, 0.4) is 0 Å². The lowest BCUT2D eigenvalue weighted by atomic mass is 9.88. The molecule has 6 heteroatoms. The van der Waals surface area contributed by atoms with Gasteiger partial charge >= 0.3 is 5.97 Å². The molecule has 16 heavy (non-hydrogen) atoms. The Balaban J connectivity index is 2.43. The number of nitrogens with zero attached hydrogens (tertiary/aromatic N) is 1. The van der Waals surface area contributed by atoms with E-state index >= 15 is 0 Å². The smallest absolute Gasteiger partial charge is 0.308 e. The summed E-state index contributed by atoms with van der Waals surface area (Å²) in [4.78, 5) is 22.9. The summed E-state index contributed by atoms with van der Waals surface area (Å²) in [7, 11) is 0. The van der Waals surface area contributed by atoms with Gasteiger partial charge in [0.05, 0.1) is 18.6 Å². The molecular weight excluding hydrogens is 214 g/mol. The number of ether oxygens (including phenoxy) is 1. The summed E-state index contributed by atoms with van der Waals surface area (Å²) in [6, 6.07) is 0. The van der Waals surface area contributed by atoms with Crippen molar-refractivity contribution >= 4 is 12.1 Å². The molecule has 0 spiro atoms. The van der Waals surface area contributed by atoms with E-state index in [1.54, 1.807) is 6.92 Å². The Kier molecular flexibility index (Phi) is 4.12. The van der Waals surface area contributed by atoms with Gasteiger partial charge in [0.15, 0.2) is 0 Å². The normalized spacial score (nSPS) is 19.2. The summed E-state index contributed by atoms with van der Waals surface area (Å²) in [6.45, 7) is 2.36. The molecule has 0 saturated carbocycles. The topological polar surface area (TPSA) is 89.9 Å². The number of carbonyl (C=O) groups excluding carboxylic acids is 2. The molecule has 0 aliphatic carbocycles. The van der Waals surface area contributed by atoms with E-state index in [0.29, 0.717) is 0 Å². The second-order valence-corrected chi connectivity index (χ2v) is 3.96. The quantitative estimate of drug-likeness (QED) is 0.635. The Bertz CT molecular complexity index is 270. The van der Waals surface area contributed by atoms with Gasteiger partial charge in [-0.05, 0) is 19.8 Å². The fourth-order valence-electron chi connectivity index (χ4n) is 1.76. The number of aliphatic hydroxyl groups is 1. The average molecular weight is 230 g/mol. The van der Waals surface area contributed by atoms with Crippen LogP contribution in [-0.2, 0) is 9.53 Å². The maximum Gasteiger partial charge on any atom is 0.308 e. The highest BCUT2D eigenvalue weighted by Gasteiger charge is 2.34. The molecule has 0 atom stereocenters. The number of hydrogen-bond donors (Lipinski definition) is 1. The number of amides is 1. The van der Waals surface area contributed by atoms with Crippen LogP contribution in [0, 0.1) is 0 Å². The maximum atomic E-state index is 11.2. The minimum atomic E-state index is -1.24. The van der Waals surface area contributed by atoms with Crippen molar-refractivity contribution in [1.29, 1.82) is 0 Å². The van der Waals surface area contributed by atoms with E-state index in [2.05, 4.69) is 0 Å². The lowest BCUT2D eigenvalue weighted by Gasteiger charge is -2.38. The number of carboxylic acid groups (broad SMARTS) is 1. The summed E-state index contributed by atoms with van der Waals surface area (Å²) in [5, 5.41) is 20.6. The Morgan fingerprint density at radius 2 is 2.00 bits per heavy atom. The fourth-order valence-corrected chi connectivity index (χ4v) is 1.76. The summed E-state index contributed by atoms with van der Waals surface area (Å²) in [5.74, 6) is -0.452. The molecule has 92 valence electrons. The van der Waals surface area contributed by atoms with Gasteiger partial charge in [0.2, 0.25) is 0 Å². The first-order chi connectivity index (χ1) is 7.47. The van der Waals surface area contributed by atoms with E-state index in [4.69, 9.17) is 4.74 Å². The van der Waals surface area contributed by atoms with Gasteiger partial charge in [-0.2, -0.15) is 0 Å². The molecule has 0 bridgehead atoms. The van der Waals surface area contributed by atoms with Crippen LogP contribution >= 0.6 is 0 Å². The van der Waals surface area contributed by atoms with E-state index in [1.807, 2.05) is 0 Å². The third kappa shape index (κ3) is 3.37. The molecule has 0 aromatic heterocycles. The number of likely N-dealkylation sites (tertiary alicyclic amines) is 1. The SMILES string of the molecule is CCOC(=O)CC1(O)CCN(C(=O)[O-])CC1. The lowest BCUT2D eigenvalue weighted by molar-refractivity contribution is -0.267. The zero-order chi connectivity index (χ0) is 12.2. The van der Waals surface area contributed by atoms with Crippen LogP contribution in [0.5, 0.6) is 0 Å². The molecule has 1 amide bonds. The minimum Gasteiger partial charge on any atom is -0.530 e. The standard InChI is InChI=1S/C10H17NO5/c1-2-16-8(12)7-10(15)3-5-11(6-4-10)9(13)14/h15H,2-7H2,1H3,(H,13,14)/p-1. The van der Waals surface area contributed by atoms with Crippen molar-refractivity contribution in [3.63, 3.8) is 0 Å². The van der Waals surface area contributed by atoms with Crippen molar-refractivity contribution in [2.45, 2.75) is 31.8 Å². The predicted octanol–water partition coefficient (Wildman–Crippen LogP) is -0.890. The van der Waals surface area contributed by atoms with Gasteiger partial charge in [0.1, 0.15) is 6.09 Å². The van der Waals surface area contributed by atoms with Crippen molar-refractivity contribution in [2.24, 2.45) is 0 Å². The Morgan fingerprint density at radius 3 is 2.44 bits per heavy atom. The average Bonchev–Trinajstić information content (AvgIpc) is 2.17. The Labute approximate surface area is 93.8 Å². The molecule has 1 aliphatic heterocycles. The van der Waals surface area contributed by atoms with Crippen LogP contribution in [0.1, 0.15) is 26.2 Å². The fraction of sp³-hybridized carbons (Fsp3) is 0.800. The monoisotopic (exact) mass is 230 g/mol. The number of esters is 1. The van der Waals surface area contributed by atoms with Gasteiger partial charge < -0.3 is 24.6 Å². The zero-order valence-corrected chi connectivity index (χ0v) is 9.27. The van der Waals surface area contributed by atoms with E-state index in [9.17, 15) is 19.8 Å². The van der Waals surface area contributed by atoms with Crippen molar-refractivity contribution in [3.05, 3.63) is 0 Å². The summed E-state index contributed by atoms with van der Waals surface area (Å²) in [5.41, 5.74) is -1.14. The molecule has 1 rings (SSSR count). The predicted molar refractivity (Wildman–Crippen MR) is 52.4 cm³/mol. The van der Waals surface area contributed by atoms with E-state index in [0.717, 1.165) is 4.90 Å². The van der Waals surface area contributed by atoms with Crippen molar-refractivity contribution < 1.29 is 24.5 Å². The molecule has 6 nitrogen and oxygen atoms in total. The van der Waals surface area contributed by atoms with Gasteiger partial charge in [0, 0.05) is 13.1 Å². The van der Waals surface area contributed by atoms with Crippen LogP contribution in [-0.4, -0.2) is 47.4 Å². The van der Waals surface area contributed by atoms with Crippen LogP contribution in [0.25, 0.3) is 0 Å². The summed E-state index contributed by atoms with van der Waals surface area (Å²) < 4.78 is 4.74. The van der Waals surface area contributed by atoms with Crippen LogP contribution < -0.4 is 5.11 Å². The number of piperidine rings is 1. The highest BCUT2D eigenvalue weighted by Crippen LogP contribution is 2.25. The molecular formula is C10H16NO5-. The highest BCUT2D eigenvalue weighted by atomic mass is 16.5. The van der Waals surface area contributed by atoms with Crippen LogP contribution in [0.15, 0.2) is 0 Å². The molecule has 1 heterocycles. The molecule has 1 N–H and O–H groups in total. The number of rotatable bonds is 3.